The molecule has 0 aliphatic carbocycles. The molecule has 2 heterocycles. The molecule has 1 N–H and O–H groups in total. The molecule has 0 saturated carbocycles. The number of rotatable bonds is 9. The van der Waals surface area contributed by atoms with Gasteiger partial charge in [0.25, 0.3) is 5.78 Å². The molecule has 7 nitrogen and oxygen atoms in total. The Kier molecular flexibility index (Phi) is 8.58. The summed E-state index contributed by atoms with van der Waals surface area (Å²) in [4.78, 5) is 28.6. The van der Waals surface area contributed by atoms with E-state index in [9.17, 15) is 14.7 Å². The Morgan fingerprint density at radius 2 is 1.57 bits per heavy atom. The number of Topliss-reactive ketones (excluding diaryl/α,β-unsaturated/α-hetero) is 1. The quantitative estimate of drug-likeness (QED) is 0.0596. The predicted octanol–water partition coefficient (Wildman–Crippen LogP) is 7.65. The Bertz CT molecular complexity index is 1830. The van der Waals surface area contributed by atoms with Gasteiger partial charge in [0.1, 0.15) is 18.1 Å². The zero-order chi connectivity index (χ0) is 30.6. The molecule has 0 radical (unpaired) electrons. The van der Waals surface area contributed by atoms with Gasteiger partial charge in [0.15, 0.2) is 4.34 Å². The van der Waals surface area contributed by atoms with Crippen LogP contribution < -0.4 is 9.64 Å². The van der Waals surface area contributed by atoms with Crippen molar-refractivity contribution in [1.82, 2.24) is 10.2 Å². The number of aryl methyl sites for hydroxylation is 2. The Morgan fingerprint density at radius 1 is 0.864 bits per heavy atom. The van der Waals surface area contributed by atoms with E-state index in [0.717, 1.165) is 16.7 Å². The number of hydrogen-bond donors (Lipinski definition) is 1. The molecule has 1 amide bonds. The second-order valence-corrected chi connectivity index (χ2v) is 12.7. The fourth-order valence-electron chi connectivity index (χ4n) is 4.92. The van der Waals surface area contributed by atoms with Crippen molar-refractivity contribution in [2.45, 2.75) is 36.6 Å². The van der Waals surface area contributed by atoms with Crippen molar-refractivity contribution in [3.05, 3.63) is 142 Å². The van der Waals surface area contributed by atoms with E-state index in [1.165, 1.54) is 33.6 Å². The van der Waals surface area contributed by atoms with E-state index in [1.54, 1.807) is 18.2 Å². The number of aromatic nitrogens is 2. The molecule has 1 aromatic heterocycles. The lowest BCUT2D eigenvalue weighted by atomic mass is 9.95. The van der Waals surface area contributed by atoms with Crippen LogP contribution in [0.3, 0.4) is 0 Å². The molecule has 1 fully saturated rings. The second-order valence-electron chi connectivity index (χ2n) is 10.5. The van der Waals surface area contributed by atoms with Crippen LogP contribution in [0.25, 0.3) is 5.76 Å². The number of hydrogen-bond acceptors (Lipinski definition) is 8. The Morgan fingerprint density at radius 3 is 2.30 bits per heavy atom. The van der Waals surface area contributed by atoms with Crippen molar-refractivity contribution in [2.24, 2.45) is 0 Å². The van der Waals surface area contributed by atoms with Crippen LogP contribution in [0.5, 0.6) is 5.75 Å². The number of benzene rings is 4. The zero-order valence-electron chi connectivity index (χ0n) is 24.1. The van der Waals surface area contributed by atoms with E-state index in [2.05, 4.69) is 34.5 Å². The molecule has 4 aromatic carbocycles. The van der Waals surface area contributed by atoms with E-state index in [1.807, 2.05) is 74.5 Å². The number of carbonyl (C=O) groups is 2. The second kappa shape index (κ2) is 12.9. The molecule has 1 unspecified atom stereocenters. The van der Waals surface area contributed by atoms with E-state index < -0.39 is 17.7 Å². The number of anilines is 1. The first-order chi connectivity index (χ1) is 21.4. The average Bonchev–Trinajstić information content (AvgIpc) is 3.62. The average molecular weight is 620 g/mol. The van der Waals surface area contributed by atoms with Gasteiger partial charge in [0.05, 0.1) is 11.6 Å². The monoisotopic (exact) mass is 619 g/mol. The molecular formula is C35H29N3O4S2. The van der Waals surface area contributed by atoms with Gasteiger partial charge in [0.2, 0.25) is 5.13 Å². The van der Waals surface area contributed by atoms with Crippen LogP contribution in [0.1, 0.15) is 39.4 Å². The van der Waals surface area contributed by atoms with Gasteiger partial charge >= 0.3 is 5.91 Å². The normalized spacial score (nSPS) is 16.0. The van der Waals surface area contributed by atoms with Crippen molar-refractivity contribution in [1.29, 1.82) is 0 Å². The standard InChI is InChI=1S/C35H29N3O4S2/c1-22-11-15-25(16-12-22)21-43-35-37-36-34(44-35)38-30(27-9-6-10-28(19-27)42-20-24-7-4-3-5-8-24)29(32(40)33(38)41)31(39)26-17-13-23(2)14-18-26/h3-19,30,39H,20-21H2,1-2H3. The fourth-order valence-corrected chi connectivity index (χ4v) is 6.74. The largest absolute Gasteiger partial charge is 0.507 e. The number of aliphatic hydroxyl groups excluding tert-OH is 1. The van der Waals surface area contributed by atoms with Gasteiger partial charge in [0, 0.05) is 11.3 Å². The van der Waals surface area contributed by atoms with E-state index >= 15 is 0 Å². The highest BCUT2D eigenvalue weighted by molar-refractivity contribution is 8.00. The van der Waals surface area contributed by atoms with Crippen LogP contribution in [0.15, 0.2) is 113 Å². The Balaban J connectivity index is 1.36. The number of carbonyl (C=O) groups excluding carboxylic acids is 2. The fraction of sp³-hybridized carbons (Fsp3) is 0.143. The van der Waals surface area contributed by atoms with Crippen LogP contribution >= 0.6 is 23.1 Å². The molecule has 220 valence electrons. The number of thioether (sulfide) groups is 1. The van der Waals surface area contributed by atoms with Crippen molar-refractivity contribution >= 4 is 45.7 Å². The molecule has 6 rings (SSSR count). The highest BCUT2D eigenvalue weighted by Gasteiger charge is 2.48. The molecule has 1 atom stereocenters. The third kappa shape index (κ3) is 6.29. The summed E-state index contributed by atoms with van der Waals surface area (Å²) >= 11 is 2.75. The highest BCUT2D eigenvalue weighted by atomic mass is 32.2. The smallest absolute Gasteiger partial charge is 0.301 e. The van der Waals surface area contributed by atoms with Gasteiger partial charge < -0.3 is 9.84 Å². The zero-order valence-corrected chi connectivity index (χ0v) is 25.8. The molecule has 9 heteroatoms. The van der Waals surface area contributed by atoms with E-state index in [-0.39, 0.29) is 16.5 Å². The maximum atomic E-state index is 13.6. The summed E-state index contributed by atoms with van der Waals surface area (Å²) in [7, 11) is 0. The summed E-state index contributed by atoms with van der Waals surface area (Å²) in [5, 5.41) is 20.4. The molecule has 1 aliphatic heterocycles. The summed E-state index contributed by atoms with van der Waals surface area (Å²) in [6.45, 7) is 4.34. The van der Waals surface area contributed by atoms with Gasteiger partial charge in [-0.2, -0.15) is 0 Å². The molecule has 5 aromatic rings. The van der Waals surface area contributed by atoms with Gasteiger partial charge in [-0.1, -0.05) is 125 Å². The predicted molar refractivity (Wildman–Crippen MR) is 174 cm³/mol. The molecule has 0 bridgehead atoms. The minimum Gasteiger partial charge on any atom is -0.507 e. The number of ketones is 1. The summed E-state index contributed by atoms with van der Waals surface area (Å²) in [6.07, 6.45) is 0. The summed E-state index contributed by atoms with van der Waals surface area (Å²) in [5.41, 5.74) is 5.38. The van der Waals surface area contributed by atoms with Crippen molar-refractivity contribution in [2.75, 3.05) is 4.90 Å². The minimum absolute atomic E-state index is 0.0110. The van der Waals surface area contributed by atoms with Crippen LogP contribution in [-0.2, 0) is 21.9 Å². The summed E-state index contributed by atoms with van der Waals surface area (Å²) in [6, 6.07) is 31.5. The summed E-state index contributed by atoms with van der Waals surface area (Å²) in [5.74, 6) is -0.548. The topological polar surface area (TPSA) is 92.6 Å². The van der Waals surface area contributed by atoms with Crippen LogP contribution in [0.4, 0.5) is 5.13 Å². The molecule has 44 heavy (non-hydrogen) atoms. The first-order valence-corrected chi connectivity index (χ1v) is 15.8. The Labute approximate surface area is 263 Å². The van der Waals surface area contributed by atoms with E-state index in [0.29, 0.717) is 33.6 Å². The minimum atomic E-state index is -0.931. The SMILES string of the molecule is Cc1ccc(CSc2nnc(N3C(=O)C(=O)C(=C(O)c4ccc(C)cc4)C3c3cccc(OCc4ccccc4)c3)s2)cc1. The van der Waals surface area contributed by atoms with E-state index in [4.69, 9.17) is 4.74 Å². The van der Waals surface area contributed by atoms with Crippen LogP contribution in [-0.4, -0.2) is 27.0 Å². The highest BCUT2D eigenvalue weighted by Crippen LogP contribution is 2.44. The Hall–Kier alpha value is -4.73. The van der Waals surface area contributed by atoms with Crippen molar-refractivity contribution in [3.8, 4) is 5.75 Å². The first kappa shape index (κ1) is 29.3. The number of ether oxygens (including phenoxy) is 1. The third-order valence-electron chi connectivity index (χ3n) is 7.28. The lowest BCUT2D eigenvalue weighted by Crippen LogP contribution is -2.29. The third-order valence-corrected chi connectivity index (χ3v) is 9.40. The van der Waals surface area contributed by atoms with Crippen molar-refractivity contribution < 1.29 is 19.4 Å². The molecule has 1 saturated heterocycles. The number of nitrogens with zero attached hydrogens (tertiary/aromatic N) is 3. The summed E-state index contributed by atoms with van der Waals surface area (Å²) < 4.78 is 6.74. The van der Waals surface area contributed by atoms with Gasteiger partial charge in [-0.3, -0.25) is 14.5 Å². The first-order valence-electron chi connectivity index (χ1n) is 14.0. The van der Waals surface area contributed by atoms with Gasteiger partial charge in [-0.05, 0) is 42.7 Å². The van der Waals surface area contributed by atoms with Gasteiger partial charge in [-0.25, -0.2) is 0 Å². The number of aliphatic hydroxyl groups is 1. The van der Waals surface area contributed by atoms with Crippen LogP contribution in [0, 0.1) is 13.8 Å². The maximum Gasteiger partial charge on any atom is 0.301 e. The molecule has 1 aliphatic rings. The van der Waals surface area contributed by atoms with Gasteiger partial charge in [-0.15, -0.1) is 10.2 Å². The lowest BCUT2D eigenvalue weighted by molar-refractivity contribution is -0.132. The lowest BCUT2D eigenvalue weighted by Gasteiger charge is -2.23. The van der Waals surface area contributed by atoms with Crippen LogP contribution in [0.2, 0.25) is 0 Å². The molecule has 0 spiro atoms. The van der Waals surface area contributed by atoms with Crippen molar-refractivity contribution in [3.63, 3.8) is 0 Å². The molecular weight excluding hydrogens is 591 g/mol. The number of amides is 1. The maximum absolute atomic E-state index is 13.6.